The molecule has 0 aromatic carbocycles. The van der Waals surface area contributed by atoms with Crippen molar-refractivity contribution >= 4 is 5.91 Å². The van der Waals surface area contributed by atoms with E-state index in [1.54, 1.807) is 0 Å². The van der Waals surface area contributed by atoms with E-state index in [9.17, 15) is 18.4 Å². The number of ether oxygens (including phenoxy) is 1. The lowest BCUT2D eigenvalue weighted by atomic mass is 9.96. The third-order valence-corrected chi connectivity index (χ3v) is 5.29. The van der Waals surface area contributed by atoms with Gasteiger partial charge in [0.25, 0.3) is 12.0 Å². The van der Waals surface area contributed by atoms with Gasteiger partial charge in [0.2, 0.25) is 5.91 Å². The fourth-order valence-electron chi connectivity index (χ4n) is 3.58. The van der Waals surface area contributed by atoms with E-state index in [1.807, 2.05) is 4.90 Å². The maximum atomic E-state index is 12.6. The minimum Gasteiger partial charge on any atom is -0.379 e. The van der Waals surface area contributed by atoms with Crippen LogP contribution in [0.25, 0.3) is 0 Å². The maximum Gasteiger partial charge on any atom is 0.280 e. The second kappa shape index (κ2) is 9.36. The van der Waals surface area contributed by atoms with E-state index in [0.717, 1.165) is 38.5 Å². The summed E-state index contributed by atoms with van der Waals surface area (Å²) in [6.45, 7) is 5.62. The smallest absolute Gasteiger partial charge is 0.280 e. The first-order valence-electron chi connectivity index (χ1n) is 9.45. The second-order valence-corrected chi connectivity index (χ2v) is 7.13. The van der Waals surface area contributed by atoms with Crippen LogP contribution in [0, 0.1) is 5.92 Å². The predicted octanol–water partition coefficient (Wildman–Crippen LogP) is 1.14. The summed E-state index contributed by atoms with van der Waals surface area (Å²) in [5, 5.41) is 0. The van der Waals surface area contributed by atoms with Crippen LogP contribution < -0.4 is 5.56 Å². The van der Waals surface area contributed by atoms with Crippen molar-refractivity contribution in [2.45, 2.75) is 32.2 Å². The zero-order valence-corrected chi connectivity index (χ0v) is 15.4. The lowest BCUT2D eigenvalue weighted by molar-refractivity contribution is -0.130. The molecule has 0 spiro atoms. The van der Waals surface area contributed by atoms with Gasteiger partial charge in [0.05, 0.1) is 26.0 Å². The molecule has 27 heavy (non-hydrogen) atoms. The van der Waals surface area contributed by atoms with Crippen molar-refractivity contribution in [3.05, 3.63) is 28.4 Å². The minimum absolute atomic E-state index is 0.154. The summed E-state index contributed by atoms with van der Waals surface area (Å²) in [5.41, 5.74) is -0.899. The molecule has 0 unspecified atom stereocenters. The predicted molar refractivity (Wildman–Crippen MR) is 94.6 cm³/mol. The van der Waals surface area contributed by atoms with E-state index < -0.39 is 17.7 Å². The zero-order chi connectivity index (χ0) is 19.2. The van der Waals surface area contributed by atoms with Gasteiger partial charge >= 0.3 is 0 Å². The molecule has 3 rings (SSSR count). The summed E-state index contributed by atoms with van der Waals surface area (Å²) in [4.78, 5) is 31.8. The molecule has 0 aliphatic carbocycles. The van der Waals surface area contributed by atoms with Crippen molar-refractivity contribution < 1.29 is 18.3 Å². The van der Waals surface area contributed by atoms with Crippen LogP contribution in [0.1, 0.15) is 31.4 Å². The Labute approximate surface area is 156 Å². The number of hydrogen-bond donors (Lipinski definition) is 0. The summed E-state index contributed by atoms with van der Waals surface area (Å²) in [7, 11) is 0. The molecule has 0 bridgehead atoms. The number of alkyl halides is 2. The monoisotopic (exact) mass is 384 g/mol. The minimum atomic E-state index is -2.72. The van der Waals surface area contributed by atoms with Crippen LogP contribution >= 0.6 is 0 Å². The fourth-order valence-corrected chi connectivity index (χ4v) is 3.58. The van der Waals surface area contributed by atoms with Crippen molar-refractivity contribution in [3.8, 4) is 0 Å². The lowest BCUT2D eigenvalue weighted by Crippen LogP contribution is -2.42. The highest BCUT2D eigenvalue weighted by Gasteiger charge is 2.22. The third-order valence-electron chi connectivity index (χ3n) is 5.29. The highest BCUT2D eigenvalue weighted by Crippen LogP contribution is 2.19. The van der Waals surface area contributed by atoms with Gasteiger partial charge in [0.15, 0.2) is 0 Å². The first kappa shape index (κ1) is 19.9. The average Bonchev–Trinajstić information content (AvgIpc) is 2.87. The SMILES string of the molecule is O=C1CCOCCN1CCN1CCC(Cn2cnc(C(F)F)cc2=O)CC1. The number of carbonyl (C=O) groups excluding carboxylic acids is 1. The molecule has 0 atom stereocenters. The second-order valence-electron chi connectivity index (χ2n) is 7.13. The summed E-state index contributed by atoms with van der Waals surface area (Å²) in [5.74, 6) is 0.480. The Balaban J connectivity index is 1.44. The lowest BCUT2D eigenvalue weighted by Gasteiger charge is -2.33. The summed E-state index contributed by atoms with van der Waals surface area (Å²) < 4.78 is 31.9. The van der Waals surface area contributed by atoms with Gasteiger partial charge in [-0.1, -0.05) is 0 Å². The largest absolute Gasteiger partial charge is 0.379 e. The molecular formula is C18H26F2N4O3. The van der Waals surface area contributed by atoms with Gasteiger partial charge in [-0.3, -0.25) is 14.2 Å². The number of hydrogen-bond acceptors (Lipinski definition) is 5. The Morgan fingerprint density at radius 2 is 1.93 bits per heavy atom. The van der Waals surface area contributed by atoms with Crippen molar-refractivity contribution in [1.82, 2.24) is 19.4 Å². The van der Waals surface area contributed by atoms with Gasteiger partial charge in [0.1, 0.15) is 5.69 Å². The van der Waals surface area contributed by atoms with Crippen molar-refractivity contribution in [3.63, 3.8) is 0 Å². The summed E-state index contributed by atoms with van der Waals surface area (Å²) in [6, 6.07) is 0.918. The fraction of sp³-hybridized carbons (Fsp3) is 0.722. The first-order chi connectivity index (χ1) is 13.0. The van der Waals surface area contributed by atoms with Gasteiger partial charge < -0.3 is 14.5 Å². The Bertz CT molecular complexity index is 689. The standard InChI is InChI=1S/C18H26F2N4O3/c19-18(20)15-11-17(26)24(13-21-15)12-14-1-4-22(5-2-14)6-7-23-8-10-27-9-3-16(23)25/h11,13-14,18H,1-10,12H2. The number of aromatic nitrogens is 2. The molecule has 2 aliphatic rings. The quantitative estimate of drug-likeness (QED) is 0.736. The molecule has 9 heteroatoms. The van der Waals surface area contributed by atoms with Gasteiger partial charge in [0, 0.05) is 32.2 Å². The van der Waals surface area contributed by atoms with Crippen LogP contribution in [0.5, 0.6) is 0 Å². The van der Waals surface area contributed by atoms with Gasteiger partial charge in [-0.25, -0.2) is 13.8 Å². The summed E-state index contributed by atoms with van der Waals surface area (Å²) in [6.07, 6.45) is 0.816. The molecule has 2 aliphatic heterocycles. The molecule has 2 fully saturated rings. The van der Waals surface area contributed by atoms with Crippen molar-refractivity contribution in [2.24, 2.45) is 5.92 Å². The van der Waals surface area contributed by atoms with E-state index in [0.29, 0.717) is 45.2 Å². The van der Waals surface area contributed by atoms with E-state index in [1.165, 1.54) is 10.9 Å². The molecule has 0 radical (unpaired) electrons. The van der Waals surface area contributed by atoms with E-state index in [4.69, 9.17) is 4.74 Å². The highest BCUT2D eigenvalue weighted by atomic mass is 19.3. The van der Waals surface area contributed by atoms with Crippen LogP contribution in [-0.4, -0.2) is 71.2 Å². The van der Waals surface area contributed by atoms with Gasteiger partial charge in [-0.05, 0) is 31.8 Å². The molecule has 7 nitrogen and oxygen atoms in total. The third kappa shape index (κ3) is 5.55. The number of nitrogens with zero attached hydrogens (tertiary/aromatic N) is 4. The maximum absolute atomic E-state index is 12.6. The van der Waals surface area contributed by atoms with Crippen LogP contribution in [0.2, 0.25) is 0 Å². The van der Waals surface area contributed by atoms with E-state index in [-0.39, 0.29) is 5.91 Å². The molecular weight excluding hydrogens is 358 g/mol. The van der Waals surface area contributed by atoms with Gasteiger partial charge in [-0.15, -0.1) is 0 Å². The molecule has 1 aromatic heterocycles. The van der Waals surface area contributed by atoms with Crippen LogP contribution in [0.4, 0.5) is 8.78 Å². The van der Waals surface area contributed by atoms with Gasteiger partial charge in [-0.2, -0.15) is 0 Å². The van der Waals surface area contributed by atoms with Crippen molar-refractivity contribution in [1.29, 1.82) is 0 Å². The Morgan fingerprint density at radius 3 is 2.63 bits per heavy atom. The Hall–Kier alpha value is -1.87. The average molecular weight is 384 g/mol. The van der Waals surface area contributed by atoms with Crippen LogP contribution in [0.3, 0.4) is 0 Å². The van der Waals surface area contributed by atoms with E-state index >= 15 is 0 Å². The first-order valence-corrected chi connectivity index (χ1v) is 9.45. The molecule has 150 valence electrons. The number of halogens is 2. The Kier molecular flexibility index (Phi) is 6.89. The number of amides is 1. The molecule has 1 amide bonds. The highest BCUT2D eigenvalue weighted by molar-refractivity contribution is 5.76. The Morgan fingerprint density at radius 1 is 1.15 bits per heavy atom. The number of piperidine rings is 1. The number of rotatable bonds is 6. The number of carbonyl (C=O) groups is 1. The molecule has 2 saturated heterocycles. The topological polar surface area (TPSA) is 67.7 Å². The molecule has 3 heterocycles. The van der Waals surface area contributed by atoms with Crippen molar-refractivity contribution in [2.75, 3.05) is 45.9 Å². The zero-order valence-electron chi connectivity index (χ0n) is 15.4. The molecule has 1 aromatic rings. The summed E-state index contributed by atoms with van der Waals surface area (Å²) >= 11 is 0. The van der Waals surface area contributed by atoms with E-state index in [2.05, 4.69) is 9.88 Å². The molecule has 0 saturated carbocycles. The molecule has 0 N–H and O–H groups in total. The van der Waals surface area contributed by atoms with Crippen LogP contribution in [-0.2, 0) is 16.1 Å². The van der Waals surface area contributed by atoms with Crippen LogP contribution in [0.15, 0.2) is 17.2 Å². The number of likely N-dealkylation sites (tertiary alicyclic amines) is 1. The normalized spacial score (nSPS) is 20.3.